The number of piperazine rings is 1. The van der Waals surface area contributed by atoms with Crippen molar-refractivity contribution in [3.8, 4) is 11.3 Å². The number of thioether (sulfide) groups is 1. The van der Waals surface area contributed by atoms with Crippen LogP contribution in [0.1, 0.15) is 96.7 Å². The third-order valence-electron chi connectivity index (χ3n) is 14.6. The van der Waals surface area contributed by atoms with Crippen molar-refractivity contribution in [1.29, 1.82) is 0 Å². The van der Waals surface area contributed by atoms with Gasteiger partial charge in [-0.1, -0.05) is 19.9 Å². The number of nitrogens with zero attached hydrogens (tertiary/aromatic N) is 7. The number of hydrogen-bond acceptors (Lipinski definition) is 14. The number of methoxy groups -OCH3 is 1. The molecule has 0 saturated carbocycles. The molecule has 4 saturated heterocycles. The zero-order valence-corrected chi connectivity index (χ0v) is 41.2. The summed E-state index contributed by atoms with van der Waals surface area (Å²) in [6.07, 6.45) is 3.43. The van der Waals surface area contributed by atoms with Gasteiger partial charge in [-0.15, -0.1) is 11.8 Å². The molecule has 8 heterocycles. The van der Waals surface area contributed by atoms with Crippen LogP contribution in [0, 0.1) is 5.41 Å². The molecule has 18 heteroatoms. The number of urea groups is 1. The van der Waals surface area contributed by atoms with Crippen molar-refractivity contribution in [3.05, 3.63) is 47.3 Å². The average Bonchev–Trinajstić information content (AvgIpc) is 3.90. The molecule has 2 unspecified atom stereocenters. The van der Waals surface area contributed by atoms with Crippen LogP contribution in [0.3, 0.4) is 0 Å². The van der Waals surface area contributed by atoms with Gasteiger partial charge >= 0.3 is 12.0 Å². The predicted molar refractivity (Wildman–Crippen MR) is 258 cm³/mol. The fourth-order valence-corrected chi connectivity index (χ4v) is 12.0. The van der Waals surface area contributed by atoms with E-state index in [0.29, 0.717) is 44.1 Å². The molecule has 0 aliphatic carbocycles. The second-order valence-corrected chi connectivity index (χ2v) is 21.6. The molecular weight excluding hydrogens is 875 g/mol. The van der Waals surface area contributed by atoms with E-state index in [9.17, 15) is 19.5 Å². The fourth-order valence-electron chi connectivity index (χ4n) is 10.9. The van der Waals surface area contributed by atoms with Gasteiger partial charge in [0.1, 0.15) is 11.6 Å². The number of aliphatic imine (C=N–C) groups is 1. The van der Waals surface area contributed by atoms with Gasteiger partial charge in [0.05, 0.1) is 85.6 Å². The Morgan fingerprint density at radius 1 is 1.09 bits per heavy atom. The lowest BCUT2D eigenvalue weighted by Gasteiger charge is -2.45. The Balaban J connectivity index is 1.14. The lowest BCUT2D eigenvalue weighted by atomic mass is 9.84. The largest absolute Gasteiger partial charge is 0.464 e. The number of benzene rings is 1. The predicted octanol–water partition coefficient (Wildman–Crippen LogP) is 5.05. The molecule has 3 N–H and O–H groups in total. The summed E-state index contributed by atoms with van der Waals surface area (Å²) in [6, 6.07) is 7.00. The number of pyridine rings is 1. The van der Waals surface area contributed by atoms with Gasteiger partial charge in [0.25, 0.3) is 5.91 Å². The highest BCUT2D eigenvalue weighted by molar-refractivity contribution is 8.14. The van der Waals surface area contributed by atoms with Crippen molar-refractivity contribution < 1.29 is 38.4 Å². The number of hydrogen-bond donors (Lipinski definition) is 3. The zero-order chi connectivity index (χ0) is 47.4. The molecule has 364 valence electrons. The highest BCUT2D eigenvalue weighted by Gasteiger charge is 2.46. The topological polar surface area (TPSA) is 176 Å². The van der Waals surface area contributed by atoms with E-state index >= 15 is 0 Å². The Bertz CT molecular complexity index is 2410. The summed E-state index contributed by atoms with van der Waals surface area (Å²) >= 11 is 1.58. The second-order valence-electron chi connectivity index (χ2n) is 20.5. The van der Waals surface area contributed by atoms with Crippen LogP contribution in [0.4, 0.5) is 10.5 Å². The smallest absolute Gasteiger partial charge is 0.327 e. The first-order valence-corrected chi connectivity index (χ1v) is 25.1. The van der Waals surface area contributed by atoms with Crippen molar-refractivity contribution in [1.82, 2.24) is 35.1 Å². The molecule has 3 amide bonds. The molecule has 1 aromatic carbocycles. The Kier molecular flexibility index (Phi) is 13.5. The summed E-state index contributed by atoms with van der Waals surface area (Å²) in [5.74, 6) is -0.186. The van der Waals surface area contributed by atoms with Gasteiger partial charge < -0.3 is 38.8 Å². The summed E-state index contributed by atoms with van der Waals surface area (Å²) in [5.41, 5.74) is 7.19. The van der Waals surface area contributed by atoms with Crippen molar-refractivity contribution >= 4 is 51.3 Å². The van der Waals surface area contributed by atoms with E-state index in [0.717, 1.165) is 89.1 Å². The van der Waals surface area contributed by atoms with E-state index < -0.39 is 46.7 Å². The van der Waals surface area contributed by atoms with Crippen molar-refractivity contribution in [2.24, 2.45) is 10.4 Å². The first-order valence-electron chi connectivity index (χ1n) is 24.1. The van der Waals surface area contributed by atoms with E-state index in [2.05, 4.69) is 70.1 Å². The van der Waals surface area contributed by atoms with Crippen LogP contribution in [0.15, 0.2) is 35.5 Å². The highest BCUT2D eigenvalue weighted by atomic mass is 32.2. The molecule has 4 fully saturated rings. The van der Waals surface area contributed by atoms with E-state index in [4.69, 9.17) is 28.9 Å². The second kappa shape index (κ2) is 18.9. The number of hydrazine groups is 1. The Hall–Kier alpha value is -4.30. The van der Waals surface area contributed by atoms with Crippen LogP contribution in [-0.2, 0) is 41.5 Å². The standard InChI is InChI=1S/C49H69N9O8S/c1-9-56-40-12-11-32-19-35(40)37(43(56)36-20-33(23-50-42(36)31(3)63-8)55-16-15-54-17-18-64-26-34(54)24-55)22-47(4,5)28-66-45(60)48(6)13-10-14-57(53-48)44(59)38(21-41-51-39(32)27-67-41)52-46(61)58-30(2)25-65-29-49(58,7)62/h11-12,19-20,23,30-31,34,38-39,53,62H,9-10,13-18,21-22,24-29H2,1-8H3,(H,52,61)/t30-,31-,34-,38-,39?,48+,49?/m0/s1. The molecule has 6 bridgehead atoms. The molecule has 0 spiro atoms. The zero-order valence-electron chi connectivity index (χ0n) is 40.4. The maximum absolute atomic E-state index is 14.6. The molecular formula is C49H69N9O8S. The summed E-state index contributed by atoms with van der Waals surface area (Å²) in [4.78, 5) is 59.7. The monoisotopic (exact) mass is 943 g/mol. The van der Waals surface area contributed by atoms with Crippen molar-refractivity contribution in [3.63, 3.8) is 0 Å². The van der Waals surface area contributed by atoms with Crippen molar-refractivity contribution in [2.45, 2.75) is 122 Å². The number of amides is 3. The number of nitrogens with one attached hydrogen (secondary N) is 2. The van der Waals surface area contributed by atoms with Crippen LogP contribution in [0.5, 0.6) is 0 Å². The van der Waals surface area contributed by atoms with E-state index in [-0.39, 0.29) is 38.4 Å². The molecule has 0 radical (unpaired) electrons. The summed E-state index contributed by atoms with van der Waals surface area (Å²) in [7, 11) is 1.72. The lowest BCUT2D eigenvalue weighted by molar-refractivity contribution is -0.176. The first-order chi connectivity index (χ1) is 32.0. The number of anilines is 1. The number of ether oxygens (including phenoxy) is 4. The number of esters is 1. The highest BCUT2D eigenvalue weighted by Crippen LogP contribution is 2.44. The summed E-state index contributed by atoms with van der Waals surface area (Å²) in [6.45, 7) is 20.1. The van der Waals surface area contributed by atoms with Crippen molar-refractivity contribution in [2.75, 3.05) is 83.5 Å². The van der Waals surface area contributed by atoms with Gasteiger partial charge in [0, 0.05) is 80.4 Å². The summed E-state index contributed by atoms with van der Waals surface area (Å²) < 4.78 is 26.2. The Morgan fingerprint density at radius 2 is 1.91 bits per heavy atom. The minimum Gasteiger partial charge on any atom is -0.464 e. The minimum atomic E-state index is -1.58. The maximum Gasteiger partial charge on any atom is 0.327 e. The number of aliphatic hydroxyl groups is 1. The van der Waals surface area contributed by atoms with E-state index in [1.807, 2.05) is 13.1 Å². The molecule has 9 rings (SSSR count). The quantitative estimate of drug-likeness (QED) is 0.281. The van der Waals surface area contributed by atoms with Crippen LogP contribution in [0.25, 0.3) is 22.2 Å². The molecule has 6 aliphatic rings. The fraction of sp³-hybridized carbons (Fsp3) is 0.653. The third kappa shape index (κ3) is 9.43. The van der Waals surface area contributed by atoms with Gasteiger partial charge in [0.2, 0.25) is 0 Å². The SMILES string of the molecule is CCn1c(-c2cc(N3CCN4CCOC[C@@H]4C3)cnc2[C@H](C)OC)c2c3cc(ccc31)C1CSC(=N1)C[C@H](NC(=O)N1[C@@H](C)COCC1(C)O)C(=O)N1CCC[C@@](C)(N1)C(=O)OCC(C)(C)C2. The average molecular weight is 944 g/mol. The number of morpholine rings is 2. The number of cyclic esters (lactones) is 1. The summed E-state index contributed by atoms with van der Waals surface area (Å²) in [5, 5.41) is 17.5. The molecule has 6 aliphatic heterocycles. The number of aromatic nitrogens is 2. The van der Waals surface area contributed by atoms with E-state index in [1.54, 1.807) is 32.7 Å². The number of carbonyl (C=O) groups excluding carboxylic acids is 3. The number of fused-ring (bicyclic) bond motifs is 6. The minimum absolute atomic E-state index is 0.0569. The maximum atomic E-state index is 14.6. The van der Waals surface area contributed by atoms with Gasteiger partial charge in [-0.2, -0.15) is 0 Å². The Morgan fingerprint density at radius 3 is 2.69 bits per heavy atom. The molecule has 3 aromatic rings. The number of aryl methyl sites for hydroxylation is 1. The number of rotatable bonds is 6. The van der Waals surface area contributed by atoms with Gasteiger partial charge in [0.15, 0.2) is 5.72 Å². The molecule has 67 heavy (non-hydrogen) atoms. The van der Waals surface area contributed by atoms with Crippen LogP contribution in [0.2, 0.25) is 0 Å². The van der Waals surface area contributed by atoms with E-state index in [1.165, 1.54) is 16.8 Å². The molecule has 2 aromatic heterocycles. The van der Waals surface area contributed by atoms with Gasteiger partial charge in [-0.3, -0.25) is 29.6 Å². The van der Waals surface area contributed by atoms with Crippen LogP contribution >= 0.6 is 11.8 Å². The van der Waals surface area contributed by atoms with Crippen LogP contribution < -0.4 is 15.6 Å². The normalized spacial score (nSPS) is 30.1. The molecule has 7 atom stereocenters. The van der Waals surface area contributed by atoms with Gasteiger partial charge in [-0.05, 0) is 83.2 Å². The molecule has 17 nitrogen and oxygen atoms in total. The van der Waals surface area contributed by atoms with Crippen LogP contribution in [-0.4, -0.2) is 160 Å². The third-order valence-corrected chi connectivity index (χ3v) is 15.7. The first kappa shape index (κ1) is 47.8. The lowest BCUT2D eigenvalue weighted by Crippen LogP contribution is -2.68. The number of carbonyl (C=O) groups is 3. The van der Waals surface area contributed by atoms with Gasteiger partial charge in [-0.25, -0.2) is 15.0 Å². The Labute approximate surface area is 398 Å².